The van der Waals surface area contributed by atoms with Crippen LogP contribution in [0, 0.1) is 11.7 Å². The zero-order chi connectivity index (χ0) is 20.4. The summed E-state index contributed by atoms with van der Waals surface area (Å²) in [6, 6.07) is 4.59. The molecule has 7 heteroatoms. The topological polar surface area (TPSA) is 71.0 Å². The van der Waals surface area contributed by atoms with Gasteiger partial charge in [-0.1, -0.05) is 19.9 Å². The molecule has 1 aliphatic rings. The Labute approximate surface area is 167 Å². The van der Waals surface area contributed by atoms with Gasteiger partial charge in [-0.05, 0) is 49.4 Å². The monoisotopic (exact) mass is 396 g/mol. The maximum atomic E-state index is 13.4. The van der Waals surface area contributed by atoms with E-state index in [0.717, 1.165) is 31.5 Å². The minimum Gasteiger partial charge on any atom is -0.491 e. The Hall–Kier alpha value is -1.70. The molecule has 1 saturated heterocycles. The zero-order valence-corrected chi connectivity index (χ0v) is 17.0. The van der Waals surface area contributed by atoms with Crippen molar-refractivity contribution in [2.24, 2.45) is 5.92 Å². The van der Waals surface area contributed by atoms with Gasteiger partial charge in [0.25, 0.3) is 0 Å². The highest BCUT2D eigenvalue weighted by Crippen LogP contribution is 2.27. The number of rotatable bonds is 11. The fourth-order valence-corrected chi connectivity index (χ4v) is 3.27. The Morgan fingerprint density at radius 3 is 2.71 bits per heavy atom. The van der Waals surface area contributed by atoms with Gasteiger partial charge in [-0.2, -0.15) is 0 Å². The van der Waals surface area contributed by atoms with Crippen molar-refractivity contribution in [3.63, 3.8) is 0 Å². The summed E-state index contributed by atoms with van der Waals surface area (Å²) >= 11 is 0. The largest absolute Gasteiger partial charge is 0.491 e. The Morgan fingerprint density at radius 1 is 1.29 bits per heavy atom. The first-order valence-electron chi connectivity index (χ1n) is 10.1. The average molecular weight is 397 g/mol. The first kappa shape index (κ1) is 22.6. The van der Waals surface area contributed by atoms with E-state index in [-0.39, 0.29) is 24.2 Å². The van der Waals surface area contributed by atoms with E-state index in [4.69, 9.17) is 14.6 Å². The van der Waals surface area contributed by atoms with Gasteiger partial charge in [-0.15, -0.1) is 0 Å². The molecule has 158 valence electrons. The summed E-state index contributed by atoms with van der Waals surface area (Å²) in [5.41, 5.74) is 0.969. The quantitative estimate of drug-likeness (QED) is 0.561. The van der Waals surface area contributed by atoms with Crippen molar-refractivity contribution < 1.29 is 23.8 Å². The zero-order valence-electron chi connectivity index (χ0n) is 17.0. The number of aliphatic hydroxyl groups is 1. The third-order valence-corrected chi connectivity index (χ3v) is 4.98. The van der Waals surface area contributed by atoms with Crippen molar-refractivity contribution in [2.45, 2.75) is 32.6 Å². The Balaban J connectivity index is 1.54. The van der Waals surface area contributed by atoms with Gasteiger partial charge in [0.15, 0.2) is 0 Å². The number of halogens is 1. The number of carbonyl (C=O) groups excluding carboxylic acids is 1. The summed E-state index contributed by atoms with van der Waals surface area (Å²) < 4.78 is 24.5. The molecule has 0 unspecified atom stereocenters. The normalized spacial score (nSPS) is 15.8. The number of nitrogens with one attached hydrogen (secondary N) is 1. The van der Waals surface area contributed by atoms with E-state index in [1.165, 1.54) is 12.1 Å². The molecule has 6 nitrogen and oxygen atoms in total. The molecular weight excluding hydrogens is 363 g/mol. The lowest BCUT2D eigenvalue weighted by molar-refractivity contribution is -0.122. The molecule has 1 aromatic carbocycles. The smallest absolute Gasteiger partial charge is 0.234 e. The fraction of sp³-hybridized carbons (Fsp3) is 0.667. The third-order valence-electron chi connectivity index (χ3n) is 4.98. The molecule has 2 N–H and O–H groups in total. The van der Waals surface area contributed by atoms with Crippen molar-refractivity contribution in [2.75, 3.05) is 52.6 Å². The maximum absolute atomic E-state index is 13.4. The van der Waals surface area contributed by atoms with Crippen molar-refractivity contribution >= 4 is 5.91 Å². The second-order valence-corrected chi connectivity index (χ2v) is 7.55. The summed E-state index contributed by atoms with van der Waals surface area (Å²) in [5.74, 6) is 0.851. The van der Waals surface area contributed by atoms with Gasteiger partial charge in [-0.25, -0.2) is 4.39 Å². The van der Waals surface area contributed by atoms with E-state index in [0.29, 0.717) is 44.6 Å². The van der Waals surface area contributed by atoms with Crippen LogP contribution < -0.4 is 10.1 Å². The lowest BCUT2D eigenvalue weighted by atomic mass is 9.98. The predicted molar refractivity (Wildman–Crippen MR) is 106 cm³/mol. The van der Waals surface area contributed by atoms with E-state index in [2.05, 4.69) is 10.2 Å². The molecule has 1 aliphatic heterocycles. The Bertz CT molecular complexity index is 604. The van der Waals surface area contributed by atoms with Crippen molar-refractivity contribution in [3.8, 4) is 5.75 Å². The van der Waals surface area contributed by atoms with Crippen LogP contribution in [0.25, 0.3) is 0 Å². The molecule has 0 atom stereocenters. The standard InChI is InChI=1S/C21H33FN2O4/c1-16(2)19-4-3-18(22)13-20(19)28-12-11-27-10-7-23-21(26)14-24-8-5-17(15-25)6-9-24/h3-4,13,16-17,25H,5-12,14-15H2,1-2H3,(H,23,26). The van der Waals surface area contributed by atoms with Crippen LogP contribution in [-0.2, 0) is 9.53 Å². The molecule has 1 amide bonds. The fourth-order valence-electron chi connectivity index (χ4n) is 3.27. The third kappa shape index (κ3) is 7.73. The Kier molecular flexibility index (Phi) is 9.67. The summed E-state index contributed by atoms with van der Waals surface area (Å²) in [5, 5.41) is 12.0. The number of nitrogens with zero attached hydrogens (tertiary/aromatic N) is 1. The molecule has 28 heavy (non-hydrogen) atoms. The molecule has 1 fully saturated rings. The van der Waals surface area contributed by atoms with E-state index in [1.807, 2.05) is 13.8 Å². The SMILES string of the molecule is CC(C)c1ccc(F)cc1OCCOCCNC(=O)CN1CCC(CO)CC1. The molecule has 1 heterocycles. The van der Waals surface area contributed by atoms with Crippen molar-refractivity contribution in [3.05, 3.63) is 29.6 Å². The number of carbonyl (C=O) groups is 1. The summed E-state index contributed by atoms with van der Waals surface area (Å²) in [6.45, 7) is 7.95. The van der Waals surface area contributed by atoms with Crippen LogP contribution in [0.15, 0.2) is 18.2 Å². The maximum Gasteiger partial charge on any atom is 0.234 e. The molecule has 0 aromatic heterocycles. The highest BCUT2D eigenvalue weighted by molar-refractivity contribution is 5.77. The first-order chi connectivity index (χ1) is 13.5. The van der Waals surface area contributed by atoms with Crippen LogP contribution >= 0.6 is 0 Å². The predicted octanol–water partition coefficient (Wildman–Crippen LogP) is 2.17. The molecule has 1 aromatic rings. The van der Waals surface area contributed by atoms with Crippen LogP contribution in [0.4, 0.5) is 4.39 Å². The number of hydrogen-bond acceptors (Lipinski definition) is 5. The van der Waals surface area contributed by atoms with Crippen LogP contribution in [0.2, 0.25) is 0 Å². The van der Waals surface area contributed by atoms with Crippen LogP contribution in [0.5, 0.6) is 5.75 Å². The van der Waals surface area contributed by atoms with Crippen molar-refractivity contribution in [1.29, 1.82) is 0 Å². The van der Waals surface area contributed by atoms with Crippen LogP contribution in [-0.4, -0.2) is 68.5 Å². The second-order valence-electron chi connectivity index (χ2n) is 7.55. The number of likely N-dealkylation sites (tertiary alicyclic amines) is 1. The molecule has 0 radical (unpaired) electrons. The number of benzene rings is 1. The van der Waals surface area contributed by atoms with Crippen LogP contribution in [0.1, 0.15) is 38.2 Å². The van der Waals surface area contributed by atoms with Gasteiger partial charge in [0.05, 0.1) is 19.8 Å². The molecule has 0 bridgehead atoms. The van der Waals surface area contributed by atoms with Gasteiger partial charge >= 0.3 is 0 Å². The minimum absolute atomic E-state index is 0.0105. The van der Waals surface area contributed by atoms with E-state index in [1.54, 1.807) is 6.07 Å². The van der Waals surface area contributed by atoms with Crippen molar-refractivity contribution in [1.82, 2.24) is 10.2 Å². The first-order valence-corrected chi connectivity index (χ1v) is 10.1. The summed E-state index contributed by atoms with van der Waals surface area (Å²) in [6.07, 6.45) is 1.88. The van der Waals surface area contributed by atoms with Gasteiger partial charge < -0.3 is 19.9 Å². The second kappa shape index (κ2) is 12.0. The molecule has 0 spiro atoms. The lowest BCUT2D eigenvalue weighted by Gasteiger charge is -2.30. The van der Waals surface area contributed by atoms with E-state index in [9.17, 15) is 9.18 Å². The highest BCUT2D eigenvalue weighted by Gasteiger charge is 2.19. The molecule has 2 rings (SSSR count). The number of aliphatic hydroxyl groups excluding tert-OH is 1. The van der Waals surface area contributed by atoms with Gasteiger partial charge in [0, 0.05) is 19.2 Å². The average Bonchev–Trinajstić information content (AvgIpc) is 2.67. The van der Waals surface area contributed by atoms with E-state index >= 15 is 0 Å². The van der Waals surface area contributed by atoms with E-state index < -0.39 is 0 Å². The number of hydrogen-bond donors (Lipinski definition) is 2. The lowest BCUT2D eigenvalue weighted by Crippen LogP contribution is -2.42. The minimum atomic E-state index is -0.316. The molecule has 0 saturated carbocycles. The number of ether oxygens (including phenoxy) is 2. The summed E-state index contributed by atoms with van der Waals surface area (Å²) in [4.78, 5) is 14.1. The number of piperidine rings is 1. The van der Waals surface area contributed by atoms with Gasteiger partial charge in [0.2, 0.25) is 5.91 Å². The van der Waals surface area contributed by atoms with Gasteiger partial charge in [0.1, 0.15) is 18.2 Å². The molecule has 0 aliphatic carbocycles. The Morgan fingerprint density at radius 2 is 2.04 bits per heavy atom. The van der Waals surface area contributed by atoms with Crippen LogP contribution in [0.3, 0.4) is 0 Å². The number of amides is 1. The highest BCUT2D eigenvalue weighted by atomic mass is 19.1. The molecular formula is C21H33FN2O4. The summed E-state index contributed by atoms with van der Waals surface area (Å²) in [7, 11) is 0. The van der Waals surface area contributed by atoms with Gasteiger partial charge in [-0.3, -0.25) is 9.69 Å².